The Kier molecular flexibility index (Phi) is 11.1. The van der Waals surface area contributed by atoms with E-state index in [2.05, 4.69) is 20.1 Å². The van der Waals surface area contributed by atoms with Crippen molar-refractivity contribution in [2.45, 2.75) is 32.6 Å². The Morgan fingerprint density at radius 2 is 0.978 bits per heavy atom. The summed E-state index contributed by atoms with van der Waals surface area (Å²) in [6.07, 6.45) is 4.85. The van der Waals surface area contributed by atoms with E-state index in [9.17, 15) is 25.5 Å². The van der Waals surface area contributed by atoms with Crippen molar-refractivity contribution in [3.63, 3.8) is 0 Å². The number of fused-ring (bicyclic) bond motifs is 2. The van der Waals surface area contributed by atoms with E-state index in [-0.39, 0.29) is 17.4 Å². The molecule has 6 aromatic carbocycles. The molecule has 0 saturated carbocycles. The quantitative estimate of drug-likeness (QED) is 0.121. The van der Waals surface area contributed by atoms with Gasteiger partial charge in [0.05, 0.1) is 0 Å². The van der Waals surface area contributed by atoms with Gasteiger partial charge < -0.3 is 25.5 Å². The summed E-state index contributed by atoms with van der Waals surface area (Å²) in [7, 11) is 0. The molecule has 0 bridgehead atoms. The van der Waals surface area contributed by atoms with Crippen LogP contribution in [0.4, 0.5) is 0 Å². The van der Waals surface area contributed by atoms with Crippen LogP contribution in [0.1, 0.15) is 40.7 Å². The molecule has 0 saturated heterocycles. The van der Waals surface area contributed by atoms with Crippen molar-refractivity contribution in [2.24, 2.45) is 0 Å². The normalized spacial score (nSPS) is 10.5. The highest BCUT2D eigenvalue weighted by atomic mass is 16.3. The summed E-state index contributed by atoms with van der Waals surface area (Å²) < 4.78 is 0. The van der Waals surface area contributed by atoms with Crippen LogP contribution in [0.25, 0.3) is 21.5 Å². The molecule has 234 valence electrons. The van der Waals surface area contributed by atoms with Crippen LogP contribution in [0.2, 0.25) is 0 Å². The maximum absolute atomic E-state index is 9.88. The number of hydrogen-bond acceptors (Lipinski definition) is 5. The van der Waals surface area contributed by atoms with Gasteiger partial charge in [0.2, 0.25) is 0 Å². The van der Waals surface area contributed by atoms with E-state index in [1.807, 2.05) is 61.5 Å². The fourth-order valence-electron chi connectivity index (χ4n) is 5.27. The predicted octanol–water partition coefficient (Wildman–Crippen LogP) is 9.81. The van der Waals surface area contributed by atoms with Crippen molar-refractivity contribution in [1.29, 1.82) is 0 Å². The largest absolute Gasteiger partial charge is 0.508 e. The molecule has 0 fully saturated rings. The highest BCUT2D eigenvalue weighted by molar-refractivity contribution is 5.92. The number of hydrogen-bond donors (Lipinski definition) is 5. The number of phenolic OH excluding ortho intramolecular Hbond substituents is 5. The van der Waals surface area contributed by atoms with Gasteiger partial charge in [0.25, 0.3) is 0 Å². The van der Waals surface area contributed by atoms with Crippen molar-refractivity contribution < 1.29 is 25.5 Å². The van der Waals surface area contributed by atoms with Gasteiger partial charge in [-0.2, -0.15) is 0 Å². The average molecular weight is 613 g/mol. The zero-order valence-corrected chi connectivity index (χ0v) is 26.2. The van der Waals surface area contributed by atoms with Crippen molar-refractivity contribution in [3.8, 4) is 28.7 Å². The Balaban J connectivity index is 0.000000169. The summed E-state index contributed by atoms with van der Waals surface area (Å²) in [5.41, 5.74) is 4.97. The molecule has 0 aliphatic rings. The summed E-state index contributed by atoms with van der Waals surface area (Å²) in [5, 5.41) is 51.6. The van der Waals surface area contributed by atoms with Gasteiger partial charge in [0.15, 0.2) is 0 Å². The molecule has 6 rings (SSSR count). The summed E-state index contributed by atoms with van der Waals surface area (Å²) >= 11 is 0. The molecule has 0 aliphatic carbocycles. The van der Waals surface area contributed by atoms with E-state index >= 15 is 0 Å². The van der Waals surface area contributed by atoms with Gasteiger partial charge in [0.1, 0.15) is 28.7 Å². The average Bonchev–Trinajstić information content (AvgIpc) is 3.06. The third kappa shape index (κ3) is 7.88. The molecule has 0 heterocycles. The Hall–Kier alpha value is -5.68. The fraction of sp³-hybridized carbons (Fsp3) is 0.122. The molecule has 0 unspecified atom stereocenters. The SMILES string of the molecule is C=CCc1cc(C(C)c2ccc(O)c(CC=C)c2)ccc1O.Cc1c(O)ccc2ccccc12.Oc1cccc2c(O)cccc12. The summed E-state index contributed by atoms with van der Waals surface area (Å²) in [6.45, 7) is 11.5. The van der Waals surface area contributed by atoms with Gasteiger partial charge in [-0.3, -0.25) is 0 Å². The first-order chi connectivity index (χ1) is 22.1. The van der Waals surface area contributed by atoms with Crippen LogP contribution < -0.4 is 0 Å². The maximum atomic E-state index is 9.88. The number of allylic oxidation sites excluding steroid dienone is 2. The van der Waals surface area contributed by atoms with Gasteiger partial charge >= 0.3 is 0 Å². The molecule has 0 aromatic heterocycles. The zero-order valence-electron chi connectivity index (χ0n) is 26.2. The minimum absolute atomic E-state index is 0.174. The Bertz CT molecular complexity index is 1870. The second kappa shape index (κ2) is 15.4. The third-order valence-corrected chi connectivity index (χ3v) is 7.98. The van der Waals surface area contributed by atoms with Crippen LogP contribution in [0.15, 0.2) is 135 Å². The highest BCUT2D eigenvalue weighted by Crippen LogP contribution is 2.32. The number of rotatable bonds is 6. The smallest absolute Gasteiger partial charge is 0.123 e. The van der Waals surface area contributed by atoms with Gasteiger partial charge in [-0.1, -0.05) is 97.9 Å². The first-order valence-electron chi connectivity index (χ1n) is 15.1. The van der Waals surface area contributed by atoms with Crippen molar-refractivity contribution in [2.75, 3.05) is 0 Å². The van der Waals surface area contributed by atoms with Crippen LogP contribution in [0, 0.1) is 6.92 Å². The lowest BCUT2D eigenvalue weighted by atomic mass is 9.90. The van der Waals surface area contributed by atoms with Crippen molar-refractivity contribution >= 4 is 21.5 Å². The van der Waals surface area contributed by atoms with E-state index in [1.54, 1.807) is 66.7 Å². The number of aromatic hydroxyl groups is 5. The maximum Gasteiger partial charge on any atom is 0.123 e. The molecule has 5 nitrogen and oxygen atoms in total. The number of aryl methyl sites for hydroxylation is 1. The molecule has 6 aromatic rings. The van der Waals surface area contributed by atoms with E-state index in [0.29, 0.717) is 40.9 Å². The molecular weight excluding hydrogens is 572 g/mol. The predicted molar refractivity (Wildman–Crippen MR) is 189 cm³/mol. The van der Waals surface area contributed by atoms with Crippen LogP contribution in [-0.4, -0.2) is 25.5 Å². The molecular formula is C41H40O5. The van der Waals surface area contributed by atoms with Crippen LogP contribution in [0.5, 0.6) is 28.7 Å². The van der Waals surface area contributed by atoms with E-state index in [0.717, 1.165) is 33.2 Å². The Morgan fingerprint density at radius 1 is 0.522 bits per heavy atom. The zero-order chi connectivity index (χ0) is 33.2. The fourth-order valence-corrected chi connectivity index (χ4v) is 5.27. The molecule has 0 spiro atoms. The lowest BCUT2D eigenvalue weighted by Crippen LogP contribution is -1.99. The van der Waals surface area contributed by atoms with Gasteiger partial charge in [0, 0.05) is 16.7 Å². The monoisotopic (exact) mass is 612 g/mol. The minimum Gasteiger partial charge on any atom is -0.508 e. The van der Waals surface area contributed by atoms with Gasteiger partial charge in [-0.15, -0.1) is 13.2 Å². The third-order valence-electron chi connectivity index (χ3n) is 7.98. The van der Waals surface area contributed by atoms with E-state index in [4.69, 9.17) is 0 Å². The van der Waals surface area contributed by atoms with Gasteiger partial charge in [-0.25, -0.2) is 0 Å². The number of benzene rings is 6. The number of phenols is 5. The second-order valence-corrected chi connectivity index (χ2v) is 11.1. The lowest BCUT2D eigenvalue weighted by Gasteiger charge is -2.16. The molecule has 0 radical (unpaired) electrons. The van der Waals surface area contributed by atoms with Crippen molar-refractivity contribution in [1.82, 2.24) is 0 Å². The van der Waals surface area contributed by atoms with Crippen LogP contribution in [-0.2, 0) is 12.8 Å². The van der Waals surface area contributed by atoms with E-state index in [1.165, 1.54) is 5.39 Å². The molecule has 46 heavy (non-hydrogen) atoms. The molecule has 5 N–H and O–H groups in total. The van der Waals surface area contributed by atoms with E-state index < -0.39 is 0 Å². The summed E-state index contributed by atoms with van der Waals surface area (Å²) in [5.74, 6) is 1.54. The molecule has 5 heteroatoms. The van der Waals surface area contributed by atoms with Gasteiger partial charge in [-0.05, 0) is 88.7 Å². The lowest BCUT2D eigenvalue weighted by molar-refractivity contribution is 0.469. The molecule has 0 atom stereocenters. The highest BCUT2D eigenvalue weighted by Gasteiger charge is 2.13. The topological polar surface area (TPSA) is 101 Å². The first kappa shape index (κ1) is 33.2. The standard InChI is InChI=1S/C20H22O2.C11H10O.C10H8O2/c1-4-6-17-12-15(8-10-19(17)21)14(3)16-9-11-20(22)18(13-16)7-5-2;1-8-10-5-3-2-4-9(10)6-7-11(8)12;11-9-5-1-3-7-8(9)4-2-6-10(7)12/h4-5,8-14,21-22H,1-2,6-7H2,3H3;2-7,12H,1H3;1-6,11-12H. The van der Waals surface area contributed by atoms with Crippen LogP contribution >= 0.6 is 0 Å². The van der Waals surface area contributed by atoms with Crippen LogP contribution in [0.3, 0.4) is 0 Å². The Morgan fingerprint density at radius 3 is 1.48 bits per heavy atom. The second-order valence-electron chi connectivity index (χ2n) is 11.1. The molecule has 0 aliphatic heterocycles. The minimum atomic E-state index is 0.174. The summed E-state index contributed by atoms with van der Waals surface area (Å²) in [4.78, 5) is 0. The first-order valence-corrected chi connectivity index (χ1v) is 15.1. The van der Waals surface area contributed by atoms with Crippen molar-refractivity contribution in [3.05, 3.63) is 162 Å². The molecule has 0 amide bonds. The summed E-state index contributed by atoms with van der Waals surface area (Å²) in [6, 6.07) is 33.2. The Labute approximate surface area is 270 Å².